The molecule has 1 aliphatic heterocycles. The minimum atomic E-state index is -3.71. The highest BCUT2D eigenvalue weighted by Crippen LogP contribution is 2.42. The van der Waals surface area contributed by atoms with Crippen LogP contribution in [0.2, 0.25) is 0 Å². The Kier molecular flexibility index (Phi) is 6.67. The third kappa shape index (κ3) is 5.23. The van der Waals surface area contributed by atoms with Crippen LogP contribution < -0.4 is 9.64 Å². The lowest BCUT2D eigenvalue weighted by atomic mass is 10.2. The number of hydrogen-bond acceptors (Lipinski definition) is 9. The number of carbonyl (C=O) groups excluding carboxylic acids is 1. The number of halogens is 2. The molecule has 0 spiro atoms. The van der Waals surface area contributed by atoms with E-state index in [1.807, 2.05) is 38.0 Å². The Morgan fingerprint density at radius 1 is 1.29 bits per heavy atom. The fourth-order valence-electron chi connectivity index (χ4n) is 3.63. The van der Waals surface area contributed by atoms with Crippen LogP contribution in [0, 0.1) is 0 Å². The second kappa shape index (κ2) is 9.23. The number of ether oxygens (including phenoxy) is 2. The van der Waals surface area contributed by atoms with Crippen LogP contribution in [0.5, 0.6) is 5.75 Å². The van der Waals surface area contributed by atoms with Gasteiger partial charge in [-0.3, -0.25) is 0 Å². The molecular weight excluding hydrogens is 486 g/mol. The first kappa shape index (κ1) is 24.6. The van der Waals surface area contributed by atoms with Crippen LogP contribution in [0.25, 0.3) is 20.8 Å². The van der Waals surface area contributed by atoms with Crippen LogP contribution in [0.3, 0.4) is 0 Å². The van der Waals surface area contributed by atoms with E-state index in [4.69, 9.17) is 19.6 Å². The molecule has 1 N–H and O–H groups in total. The van der Waals surface area contributed by atoms with E-state index in [0.717, 1.165) is 0 Å². The molecule has 1 saturated heterocycles. The van der Waals surface area contributed by atoms with Crippen LogP contribution in [0.1, 0.15) is 27.7 Å². The summed E-state index contributed by atoms with van der Waals surface area (Å²) in [5, 5.41) is 12.1. The standard InChI is InChI=1S/C22H26F2N4O4S2/c1-13-11-27(8-9-28(13)20(30)32-21(2,3)4)19-26-16-14(18-25-7-10-33-18)5-6-15(17(16)34-19)31-22(23,24)12-29/h5-7,10,13,29H,8-9,11-12H2,1-4H3/t13-/m0/s1. The number of aromatic nitrogens is 2. The number of aliphatic hydroxyl groups is 1. The van der Waals surface area contributed by atoms with Crippen LogP contribution in [-0.4, -0.2) is 70.1 Å². The SMILES string of the molecule is C[C@H]1CN(c2nc3c(-c4nccs4)ccc(OC(F)(F)CO)c3s2)CCN1C(=O)OC(C)(C)C. The molecular formula is C22H26F2N4O4S2. The molecule has 12 heteroatoms. The van der Waals surface area contributed by atoms with Crippen molar-refractivity contribution in [3.05, 3.63) is 23.7 Å². The fourth-order valence-corrected chi connectivity index (χ4v) is 5.37. The van der Waals surface area contributed by atoms with Gasteiger partial charge in [0, 0.05) is 42.8 Å². The van der Waals surface area contributed by atoms with E-state index in [2.05, 4.69) is 4.98 Å². The summed E-state index contributed by atoms with van der Waals surface area (Å²) in [5.74, 6) is -0.0569. The summed E-state index contributed by atoms with van der Waals surface area (Å²) < 4.78 is 38.4. The van der Waals surface area contributed by atoms with E-state index in [1.54, 1.807) is 17.2 Å². The molecule has 3 aromatic rings. The lowest BCUT2D eigenvalue weighted by Gasteiger charge is -2.40. The Balaban J connectivity index is 1.65. The number of benzene rings is 1. The summed E-state index contributed by atoms with van der Waals surface area (Å²) in [6.45, 7) is 7.44. The number of aliphatic hydroxyl groups excluding tert-OH is 1. The first-order valence-electron chi connectivity index (χ1n) is 10.7. The number of hydrogen-bond donors (Lipinski definition) is 1. The summed E-state index contributed by atoms with van der Waals surface area (Å²) in [7, 11) is 0. The molecule has 4 rings (SSSR count). The molecule has 0 bridgehead atoms. The number of nitrogens with zero attached hydrogens (tertiary/aromatic N) is 4. The molecule has 1 atom stereocenters. The van der Waals surface area contributed by atoms with E-state index < -0.39 is 18.3 Å². The molecule has 184 valence electrons. The molecule has 3 heterocycles. The maximum Gasteiger partial charge on any atom is 0.421 e. The lowest BCUT2D eigenvalue weighted by Crippen LogP contribution is -2.55. The third-order valence-corrected chi connectivity index (χ3v) is 7.07. The zero-order valence-corrected chi connectivity index (χ0v) is 20.9. The number of amides is 1. The molecule has 1 aliphatic rings. The van der Waals surface area contributed by atoms with Crippen molar-refractivity contribution >= 4 is 44.1 Å². The minimum absolute atomic E-state index is 0.0569. The van der Waals surface area contributed by atoms with Gasteiger partial charge in [-0.25, -0.2) is 14.8 Å². The van der Waals surface area contributed by atoms with Crippen molar-refractivity contribution in [3.63, 3.8) is 0 Å². The van der Waals surface area contributed by atoms with Crippen molar-refractivity contribution in [1.82, 2.24) is 14.9 Å². The maximum atomic E-state index is 13.8. The van der Waals surface area contributed by atoms with E-state index >= 15 is 0 Å². The van der Waals surface area contributed by atoms with Crippen LogP contribution in [-0.2, 0) is 4.74 Å². The molecule has 1 fully saturated rings. The minimum Gasteiger partial charge on any atom is -0.444 e. The van der Waals surface area contributed by atoms with Crippen LogP contribution >= 0.6 is 22.7 Å². The van der Waals surface area contributed by atoms with Gasteiger partial charge in [0.25, 0.3) is 0 Å². The number of anilines is 1. The Morgan fingerprint density at radius 2 is 2.06 bits per heavy atom. The fraction of sp³-hybridized carbons (Fsp3) is 0.500. The average Bonchev–Trinajstić information content (AvgIpc) is 3.43. The van der Waals surface area contributed by atoms with Crippen molar-refractivity contribution in [2.24, 2.45) is 0 Å². The van der Waals surface area contributed by atoms with Crippen molar-refractivity contribution in [1.29, 1.82) is 0 Å². The van der Waals surface area contributed by atoms with E-state index in [-0.39, 0.29) is 17.9 Å². The summed E-state index contributed by atoms with van der Waals surface area (Å²) >= 11 is 2.65. The molecule has 1 aromatic carbocycles. The van der Waals surface area contributed by atoms with Gasteiger partial charge in [0.05, 0.1) is 10.2 Å². The first-order chi connectivity index (χ1) is 16.0. The highest BCUT2D eigenvalue weighted by molar-refractivity contribution is 7.22. The molecule has 0 radical (unpaired) electrons. The molecule has 0 saturated carbocycles. The highest BCUT2D eigenvalue weighted by Gasteiger charge is 2.34. The number of thiazole rings is 2. The molecule has 2 aromatic heterocycles. The number of alkyl halides is 2. The Hall–Kier alpha value is -2.57. The Labute approximate surface area is 203 Å². The third-order valence-electron chi connectivity index (χ3n) is 5.13. The summed E-state index contributed by atoms with van der Waals surface area (Å²) in [6.07, 6.45) is -2.41. The Morgan fingerprint density at radius 3 is 2.68 bits per heavy atom. The van der Waals surface area contributed by atoms with Crippen molar-refractivity contribution in [2.75, 3.05) is 31.1 Å². The van der Waals surface area contributed by atoms with Crippen LogP contribution in [0.15, 0.2) is 23.7 Å². The number of rotatable bonds is 5. The normalized spacial score (nSPS) is 17.3. The average molecular weight is 513 g/mol. The molecule has 1 amide bonds. The molecule has 0 aliphatic carbocycles. The van der Waals surface area contributed by atoms with Gasteiger partial charge >= 0.3 is 12.2 Å². The first-order valence-corrected chi connectivity index (χ1v) is 12.4. The summed E-state index contributed by atoms with van der Waals surface area (Å²) in [4.78, 5) is 25.4. The zero-order valence-electron chi connectivity index (χ0n) is 19.2. The van der Waals surface area contributed by atoms with Crippen molar-refractivity contribution < 1.29 is 28.2 Å². The molecule has 8 nitrogen and oxygen atoms in total. The van der Waals surface area contributed by atoms with Gasteiger partial charge in [-0.2, -0.15) is 8.78 Å². The second-order valence-electron chi connectivity index (χ2n) is 8.99. The smallest absolute Gasteiger partial charge is 0.421 e. The van der Waals surface area contributed by atoms with Gasteiger partial charge in [0.2, 0.25) is 0 Å². The number of fused-ring (bicyclic) bond motifs is 1. The predicted octanol–water partition coefficient (Wildman–Crippen LogP) is 4.83. The van der Waals surface area contributed by atoms with E-state index in [9.17, 15) is 13.6 Å². The van der Waals surface area contributed by atoms with E-state index in [0.29, 0.717) is 45.6 Å². The van der Waals surface area contributed by atoms with Gasteiger partial charge < -0.3 is 24.4 Å². The van der Waals surface area contributed by atoms with Gasteiger partial charge in [-0.1, -0.05) is 11.3 Å². The van der Waals surface area contributed by atoms with Gasteiger partial charge in [-0.15, -0.1) is 11.3 Å². The Bertz CT molecular complexity index is 1160. The van der Waals surface area contributed by atoms with Crippen LogP contribution in [0.4, 0.5) is 18.7 Å². The highest BCUT2D eigenvalue weighted by atomic mass is 32.1. The maximum absolute atomic E-state index is 13.8. The van der Waals surface area contributed by atoms with Gasteiger partial charge in [0.15, 0.2) is 5.13 Å². The summed E-state index contributed by atoms with van der Waals surface area (Å²) in [5.41, 5.74) is 0.635. The van der Waals surface area contributed by atoms with Gasteiger partial charge in [-0.05, 0) is 39.8 Å². The number of piperazine rings is 1. The number of carbonyl (C=O) groups is 1. The predicted molar refractivity (Wildman–Crippen MR) is 128 cm³/mol. The lowest BCUT2D eigenvalue weighted by molar-refractivity contribution is -0.200. The molecule has 0 unspecified atom stereocenters. The largest absolute Gasteiger partial charge is 0.444 e. The van der Waals surface area contributed by atoms with Crippen molar-refractivity contribution in [2.45, 2.75) is 45.4 Å². The molecule has 34 heavy (non-hydrogen) atoms. The van der Waals surface area contributed by atoms with Gasteiger partial charge in [0.1, 0.15) is 23.0 Å². The second-order valence-corrected chi connectivity index (χ2v) is 10.9. The van der Waals surface area contributed by atoms with E-state index in [1.165, 1.54) is 28.7 Å². The quantitative estimate of drug-likeness (QED) is 0.524. The van der Waals surface area contributed by atoms with Crippen molar-refractivity contribution in [3.8, 4) is 16.3 Å². The summed E-state index contributed by atoms with van der Waals surface area (Å²) in [6, 6.07) is 2.97. The topological polar surface area (TPSA) is 88.0 Å². The zero-order chi connectivity index (χ0) is 24.7. The monoisotopic (exact) mass is 512 g/mol.